The summed E-state index contributed by atoms with van der Waals surface area (Å²) in [5.74, 6) is 0.0645. The summed E-state index contributed by atoms with van der Waals surface area (Å²) in [4.78, 5) is 16.5. The van der Waals surface area contributed by atoms with Gasteiger partial charge in [0.2, 0.25) is 0 Å². The van der Waals surface area contributed by atoms with Crippen LogP contribution in [0.2, 0.25) is 0 Å². The van der Waals surface area contributed by atoms with Crippen molar-refractivity contribution in [1.82, 2.24) is 20.1 Å². The third kappa shape index (κ3) is 3.59. The van der Waals surface area contributed by atoms with E-state index in [4.69, 9.17) is 4.63 Å². The van der Waals surface area contributed by atoms with Gasteiger partial charge in [0.15, 0.2) is 17.0 Å². The Bertz CT molecular complexity index is 1100. The smallest absolute Gasteiger partial charge is 0.395 e. The highest BCUT2D eigenvalue weighted by molar-refractivity contribution is 5.98. The zero-order chi connectivity index (χ0) is 20.7. The second-order valence-corrected chi connectivity index (χ2v) is 7.08. The number of piperazine rings is 1. The second-order valence-electron chi connectivity index (χ2n) is 7.08. The van der Waals surface area contributed by atoms with Gasteiger partial charge in [-0.2, -0.15) is 0 Å². The molecule has 1 fully saturated rings. The van der Waals surface area contributed by atoms with Gasteiger partial charge in [-0.1, -0.05) is 12.1 Å². The van der Waals surface area contributed by atoms with E-state index in [-0.39, 0.29) is 17.5 Å². The molecule has 0 spiro atoms. The van der Waals surface area contributed by atoms with E-state index < -0.39 is 6.29 Å². The van der Waals surface area contributed by atoms with E-state index in [0.29, 0.717) is 49.4 Å². The molecule has 2 amide bonds. The summed E-state index contributed by atoms with van der Waals surface area (Å²) in [5, 5.41) is 10.4. The molecule has 2 aromatic carbocycles. The van der Waals surface area contributed by atoms with Crippen molar-refractivity contribution in [1.29, 1.82) is 0 Å². The number of urea groups is 1. The maximum absolute atomic E-state index is 13.2. The molecule has 2 aliphatic rings. The van der Waals surface area contributed by atoms with Crippen LogP contribution in [0.15, 0.2) is 41.0 Å². The lowest BCUT2D eigenvalue weighted by Crippen LogP contribution is -2.49. The van der Waals surface area contributed by atoms with Crippen LogP contribution in [0.1, 0.15) is 5.56 Å². The molecule has 0 unspecified atom stereocenters. The molecule has 30 heavy (non-hydrogen) atoms. The van der Waals surface area contributed by atoms with Gasteiger partial charge in [0, 0.05) is 32.7 Å². The number of carbonyl (C=O) groups excluding carboxylic acids is 1. The van der Waals surface area contributed by atoms with Crippen molar-refractivity contribution in [2.45, 2.75) is 12.8 Å². The summed E-state index contributed by atoms with van der Waals surface area (Å²) >= 11 is 0. The lowest BCUT2D eigenvalue weighted by molar-refractivity contribution is -0.286. The predicted molar refractivity (Wildman–Crippen MR) is 100 cm³/mol. The number of ether oxygens (including phenoxy) is 2. The molecular formula is C19H17F2N5O4. The first-order valence-corrected chi connectivity index (χ1v) is 9.35. The third-order valence-electron chi connectivity index (χ3n) is 5.06. The van der Waals surface area contributed by atoms with Gasteiger partial charge in [-0.25, -0.2) is 9.42 Å². The van der Waals surface area contributed by atoms with Crippen LogP contribution >= 0.6 is 0 Å². The van der Waals surface area contributed by atoms with E-state index in [1.807, 2.05) is 0 Å². The largest absolute Gasteiger partial charge is 0.586 e. The minimum atomic E-state index is -3.62. The molecule has 1 aromatic heterocycles. The number of amides is 2. The Kier molecular flexibility index (Phi) is 4.39. The number of anilines is 1. The van der Waals surface area contributed by atoms with Gasteiger partial charge in [0.05, 0.1) is 5.69 Å². The summed E-state index contributed by atoms with van der Waals surface area (Å²) < 4.78 is 39.9. The summed E-state index contributed by atoms with van der Waals surface area (Å²) in [6.07, 6.45) is -3.62. The number of fused-ring (bicyclic) bond motifs is 2. The number of hydrogen-bond acceptors (Lipinski definition) is 7. The summed E-state index contributed by atoms with van der Waals surface area (Å²) in [6, 6.07) is 9.80. The molecule has 3 aromatic rings. The lowest BCUT2D eigenvalue weighted by atomic mass is 10.1. The lowest BCUT2D eigenvalue weighted by Gasteiger charge is -2.34. The van der Waals surface area contributed by atoms with Crippen molar-refractivity contribution in [2.24, 2.45) is 0 Å². The van der Waals surface area contributed by atoms with E-state index in [1.54, 1.807) is 35.2 Å². The molecule has 0 aliphatic carbocycles. The Hall–Kier alpha value is -3.47. The SMILES string of the molecule is O=C(Nc1cccc2nonc12)N1CCN(Cc2ccc3c(c2)OC(F)(F)O3)CC1. The molecule has 11 heteroatoms. The quantitative estimate of drug-likeness (QED) is 0.700. The molecule has 9 nitrogen and oxygen atoms in total. The van der Waals surface area contributed by atoms with Crippen molar-refractivity contribution in [3.63, 3.8) is 0 Å². The number of halogens is 2. The zero-order valence-electron chi connectivity index (χ0n) is 15.7. The molecule has 2 aliphatic heterocycles. The summed E-state index contributed by atoms with van der Waals surface area (Å²) in [6.45, 7) is 2.91. The van der Waals surface area contributed by atoms with Crippen molar-refractivity contribution in [3.8, 4) is 11.5 Å². The molecule has 156 valence electrons. The molecule has 5 rings (SSSR count). The Labute approximate surface area is 169 Å². The van der Waals surface area contributed by atoms with E-state index >= 15 is 0 Å². The van der Waals surface area contributed by atoms with Crippen LogP contribution in [0.5, 0.6) is 11.5 Å². The van der Waals surface area contributed by atoms with Crippen LogP contribution in [0.3, 0.4) is 0 Å². The number of benzene rings is 2. The number of aromatic nitrogens is 2. The van der Waals surface area contributed by atoms with Crippen molar-refractivity contribution in [3.05, 3.63) is 42.0 Å². The number of hydrogen-bond donors (Lipinski definition) is 1. The van der Waals surface area contributed by atoms with Gasteiger partial charge in [-0.15, -0.1) is 8.78 Å². The fourth-order valence-electron chi connectivity index (χ4n) is 3.56. The maximum Gasteiger partial charge on any atom is 0.586 e. The number of nitrogens with zero attached hydrogens (tertiary/aromatic N) is 4. The molecule has 1 N–H and O–H groups in total. The fourth-order valence-corrected chi connectivity index (χ4v) is 3.56. The number of carbonyl (C=O) groups is 1. The van der Waals surface area contributed by atoms with E-state index in [1.165, 1.54) is 6.07 Å². The van der Waals surface area contributed by atoms with Gasteiger partial charge in [0.25, 0.3) is 0 Å². The monoisotopic (exact) mass is 417 g/mol. The van der Waals surface area contributed by atoms with Crippen LogP contribution in [-0.4, -0.2) is 58.6 Å². The minimum Gasteiger partial charge on any atom is -0.395 e. The number of nitrogens with one attached hydrogen (secondary N) is 1. The topological polar surface area (TPSA) is 93.0 Å². The maximum atomic E-state index is 13.2. The highest BCUT2D eigenvalue weighted by atomic mass is 19.3. The van der Waals surface area contributed by atoms with E-state index in [9.17, 15) is 13.6 Å². The van der Waals surface area contributed by atoms with E-state index in [0.717, 1.165) is 5.56 Å². The fraction of sp³-hybridized carbons (Fsp3) is 0.316. The Balaban J connectivity index is 1.17. The molecule has 3 heterocycles. The van der Waals surface area contributed by atoms with Crippen molar-refractivity contribution < 1.29 is 27.7 Å². The highest BCUT2D eigenvalue weighted by Gasteiger charge is 2.43. The highest BCUT2D eigenvalue weighted by Crippen LogP contribution is 2.41. The number of rotatable bonds is 3. The van der Waals surface area contributed by atoms with Crippen LogP contribution in [0, 0.1) is 0 Å². The average molecular weight is 417 g/mol. The van der Waals surface area contributed by atoms with Crippen LogP contribution in [0.4, 0.5) is 19.3 Å². The summed E-state index contributed by atoms with van der Waals surface area (Å²) in [7, 11) is 0. The minimum absolute atomic E-state index is 0.0302. The standard InChI is InChI=1S/C19H17F2N5O4/c20-19(21)28-15-5-4-12(10-16(15)29-19)11-25-6-8-26(9-7-25)18(27)22-13-2-1-3-14-17(13)24-30-23-14/h1-5,10H,6-9,11H2,(H,22,27). The zero-order valence-corrected chi connectivity index (χ0v) is 15.7. The van der Waals surface area contributed by atoms with Crippen LogP contribution in [-0.2, 0) is 6.54 Å². The van der Waals surface area contributed by atoms with Crippen LogP contribution in [0.25, 0.3) is 11.0 Å². The normalized spacial score (nSPS) is 18.0. The first-order chi connectivity index (χ1) is 14.5. The van der Waals surface area contributed by atoms with Gasteiger partial charge in [-0.3, -0.25) is 4.90 Å². The van der Waals surface area contributed by atoms with Gasteiger partial charge in [0.1, 0.15) is 5.52 Å². The van der Waals surface area contributed by atoms with Gasteiger partial charge < -0.3 is 19.7 Å². The second kappa shape index (κ2) is 7.10. The molecule has 0 saturated carbocycles. The molecule has 0 atom stereocenters. The number of alkyl halides is 2. The Morgan fingerprint density at radius 3 is 2.70 bits per heavy atom. The molecule has 0 radical (unpaired) electrons. The van der Waals surface area contributed by atoms with Crippen molar-refractivity contribution in [2.75, 3.05) is 31.5 Å². The first-order valence-electron chi connectivity index (χ1n) is 9.35. The first kappa shape index (κ1) is 18.6. The Morgan fingerprint density at radius 2 is 1.87 bits per heavy atom. The molecule has 1 saturated heterocycles. The van der Waals surface area contributed by atoms with Gasteiger partial charge >= 0.3 is 12.3 Å². The molecule has 0 bridgehead atoms. The Morgan fingerprint density at radius 1 is 1.07 bits per heavy atom. The average Bonchev–Trinajstić information content (AvgIpc) is 3.31. The predicted octanol–water partition coefficient (Wildman–Crippen LogP) is 2.89. The van der Waals surface area contributed by atoms with Crippen molar-refractivity contribution >= 4 is 22.8 Å². The van der Waals surface area contributed by atoms with Gasteiger partial charge in [-0.05, 0) is 40.1 Å². The molecular weight excluding hydrogens is 400 g/mol. The van der Waals surface area contributed by atoms with Crippen LogP contribution < -0.4 is 14.8 Å². The summed E-state index contributed by atoms with van der Waals surface area (Å²) in [5.41, 5.74) is 2.44. The van der Waals surface area contributed by atoms with E-state index in [2.05, 4.69) is 30.0 Å². The third-order valence-corrected chi connectivity index (χ3v) is 5.06.